The average molecular weight is 346 g/mol. The lowest BCUT2D eigenvalue weighted by molar-refractivity contribution is -0.308. The Morgan fingerprint density at radius 2 is 2.04 bits per heavy atom. The first-order valence-corrected chi connectivity index (χ1v) is 8.04. The predicted octanol–water partition coefficient (Wildman–Crippen LogP) is 0.904. The topological polar surface area (TPSA) is 109 Å². The maximum absolute atomic E-state index is 12.1. The second-order valence-electron chi connectivity index (χ2n) is 5.84. The fourth-order valence-corrected chi connectivity index (χ4v) is 2.46. The first-order chi connectivity index (χ1) is 11.8. The summed E-state index contributed by atoms with van der Waals surface area (Å²) in [5.41, 5.74) is 0.665. The second kappa shape index (κ2) is 7.83. The standard InChI is InChI=1S/C18H21NO6/c1-4-5-14(18(22)23)19-17(21)11(3)24-12-6-7-13-10(2)8-16(20)25-15(13)9-12/h6-9,11,14H,4-5H2,1-3H3,(H,19,21)(H,22,23)/p-1/t11-,14+/m0/s1. The number of amides is 1. The molecule has 0 radical (unpaired) electrons. The minimum Gasteiger partial charge on any atom is -0.548 e. The van der Waals surface area contributed by atoms with Gasteiger partial charge < -0.3 is 24.4 Å². The minimum atomic E-state index is -1.33. The van der Waals surface area contributed by atoms with Gasteiger partial charge in [0.1, 0.15) is 11.3 Å². The van der Waals surface area contributed by atoms with Gasteiger partial charge in [0, 0.05) is 17.5 Å². The SMILES string of the molecule is CCC[C@@H](NC(=O)[C@H](C)Oc1ccc2c(C)cc(=O)oc2c1)C(=O)[O-]. The van der Waals surface area contributed by atoms with Crippen molar-refractivity contribution in [1.82, 2.24) is 5.32 Å². The van der Waals surface area contributed by atoms with E-state index < -0.39 is 29.6 Å². The maximum atomic E-state index is 12.1. The van der Waals surface area contributed by atoms with Gasteiger partial charge in [-0.1, -0.05) is 13.3 Å². The van der Waals surface area contributed by atoms with Crippen LogP contribution in [0.1, 0.15) is 32.3 Å². The van der Waals surface area contributed by atoms with Crippen LogP contribution in [0.2, 0.25) is 0 Å². The summed E-state index contributed by atoms with van der Waals surface area (Å²) in [5.74, 6) is -1.55. The number of aliphatic carboxylic acids is 1. The van der Waals surface area contributed by atoms with Crippen molar-refractivity contribution in [3.05, 3.63) is 40.2 Å². The first-order valence-electron chi connectivity index (χ1n) is 8.04. The third kappa shape index (κ3) is 4.59. The fraction of sp³-hybridized carbons (Fsp3) is 0.389. The highest BCUT2D eigenvalue weighted by Crippen LogP contribution is 2.23. The van der Waals surface area contributed by atoms with Crippen LogP contribution in [0.4, 0.5) is 0 Å². The van der Waals surface area contributed by atoms with Crippen LogP contribution in [0.5, 0.6) is 5.75 Å². The van der Waals surface area contributed by atoms with Crippen molar-refractivity contribution in [2.45, 2.75) is 45.8 Å². The van der Waals surface area contributed by atoms with Gasteiger partial charge in [0.25, 0.3) is 5.91 Å². The number of hydrogen-bond donors (Lipinski definition) is 1. The van der Waals surface area contributed by atoms with Crippen molar-refractivity contribution in [2.75, 3.05) is 0 Å². The zero-order valence-corrected chi connectivity index (χ0v) is 14.3. The molecule has 1 aromatic heterocycles. The number of carboxylic acid groups (broad SMARTS) is 1. The van der Waals surface area contributed by atoms with E-state index in [9.17, 15) is 19.5 Å². The number of nitrogens with one attached hydrogen (secondary N) is 1. The molecule has 0 aliphatic carbocycles. The van der Waals surface area contributed by atoms with E-state index in [0.717, 1.165) is 10.9 Å². The van der Waals surface area contributed by atoms with Crippen molar-refractivity contribution in [1.29, 1.82) is 0 Å². The van der Waals surface area contributed by atoms with Gasteiger partial charge in [0.05, 0.1) is 12.0 Å². The lowest BCUT2D eigenvalue weighted by Crippen LogP contribution is -2.51. The zero-order valence-electron chi connectivity index (χ0n) is 14.3. The Bertz CT molecular complexity index is 841. The van der Waals surface area contributed by atoms with Crippen LogP contribution >= 0.6 is 0 Å². The first kappa shape index (κ1) is 18.5. The molecule has 7 nitrogen and oxygen atoms in total. The maximum Gasteiger partial charge on any atom is 0.336 e. The highest BCUT2D eigenvalue weighted by molar-refractivity contribution is 5.86. The highest BCUT2D eigenvalue weighted by Gasteiger charge is 2.19. The lowest BCUT2D eigenvalue weighted by atomic mass is 10.1. The number of carbonyl (C=O) groups excluding carboxylic acids is 2. The molecule has 2 atom stereocenters. The zero-order chi connectivity index (χ0) is 18.6. The number of rotatable bonds is 7. The smallest absolute Gasteiger partial charge is 0.336 e. The molecular weight excluding hydrogens is 326 g/mol. The van der Waals surface area contributed by atoms with Crippen molar-refractivity contribution >= 4 is 22.8 Å². The van der Waals surface area contributed by atoms with Gasteiger partial charge >= 0.3 is 5.63 Å². The molecule has 0 aliphatic rings. The van der Waals surface area contributed by atoms with Gasteiger partial charge in [-0.3, -0.25) is 4.79 Å². The molecule has 0 spiro atoms. The van der Waals surface area contributed by atoms with Crippen LogP contribution in [-0.4, -0.2) is 24.0 Å². The molecule has 0 fully saturated rings. The third-order valence-electron chi connectivity index (χ3n) is 3.78. The van der Waals surface area contributed by atoms with E-state index in [1.54, 1.807) is 19.1 Å². The highest BCUT2D eigenvalue weighted by atomic mass is 16.5. The van der Waals surface area contributed by atoms with Crippen molar-refractivity contribution in [2.24, 2.45) is 0 Å². The van der Waals surface area contributed by atoms with E-state index in [1.807, 2.05) is 6.92 Å². The molecule has 0 saturated carbocycles. The van der Waals surface area contributed by atoms with Gasteiger partial charge in [-0.05, 0) is 38.0 Å². The molecule has 25 heavy (non-hydrogen) atoms. The van der Waals surface area contributed by atoms with Gasteiger partial charge in [0.2, 0.25) is 0 Å². The Hall–Kier alpha value is -2.83. The second-order valence-corrected chi connectivity index (χ2v) is 5.84. The number of aryl methyl sites for hydroxylation is 1. The Morgan fingerprint density at radius 3 is 2.68 bits per heavy atom. The summed E-state index contributed by atoms with van der Waals surface area (Å²) in [6, 6.07) is 5.25. The lowest BCUT2D eigenvalue weighted by Gasteiger charge is -2.22. The Balaban J connectivity index is 2.13. The summed E-state index contributed by atoms with van der Waals surface area (Å²) >= 11 is 0. The van der Waals surface area contributed by atoms with Crippen LogP contribution in [0.3, 0.4) is 0 Å². The van der Waals surface area contributed by atoms with E-state index in [1.165, 1.54) is 19.1 Å². The third-order valence-corrected chi connectivity index (χ3v) is 3.78. The van der Waals surface area contributed by atoms with Gasteiger partial charge in [-0.15, -0.1) is 0 Å². The molecule has 0 saturated heterocycles. The molecule has 1 heterocycles. The molecule has 7 heteroatoms. The van der Waals surface area contributed by atoms with Crippen LogP contribution in [0.25, 0.3) is 11.0 Å². The van der Waals surface area contributed by atoms with E-state index in [4.69, 9.17) is 9.15 Å². The summed E-state index contributed by atoms with van der Waals surface area (Å²) in [4.78, 5) is 34.6. The van der Waals surface area contributed by atoms with Gasteiger partial charge in [-0.2, -0.15) is 0 Å². The quantitative estimate of drug-likeness (QED) is 0.746. The summed E-state index contributed by atoms with van der Waals surface area (Å²) in [7, 11) is 0. The molecule has 1 amide bonds. The van der Waals surface area contributed by atoms with E-state index in [0.29, 0.717) is 17.8 Å². The van der Waals surface area contributed by atoms with E-state index in [-0.39, 0.29) is 6.42 Å². The molecule has 1 N–H and O–H groups in total. The van der Waals surface area contributed by atoms with Crippen molar-refractivity contribution < 1.29 is 23.8 Å². The molecule has 134 valence electrons. The summed E-state index contributed by atoms with van der Waals surface area (Å²) in [6.07, 6.45) is -0.0500. The Morgan fingerprint density at radius 1 is 1.32 bits per heavy atom. The summed E-state index contributed by atoms with van der Waals surface area (Å²) < 4.78 is 10.7. The molecular formula is C18H20NO6-. The predicted molar refractivity (Wildman–Crippen MR) is 89.2 cm³/mol. The Labute approximate surface area is 144 Å². The number of ether oxygens (including phenoxy) is 1. The monoisotopic (exact) mass is 346 g/mol. The van der Waals surface area contributed by atoms with Gasteiger partial charge in [-0.25, -0.2) is 4.79 Å². The number of carboxylic acids is 1. The largest absolute Gasteiger partial charge is 0.548 e. The van der Waals surface area contributed by atoms with Crippen LogP contribution in [0, 0.1) is 6.92 Å². The normalized spacial score (nSPS) is 13.2. The van der Waals surface area contributed by atoms with Crippen molar-refractivity contribution in [3.8, 4) is 5.75 Å². The number of fused-ring (bicyclic) bond motifs is 1. The number of hydrogen-bond acceptors (Lipinski definition) is 6. The van der Waals surface area contributed by atoms with Crippen LogP contribution in [-0.2, 0) is 9.59 Å². The summed E-state index contributed by atoms with van der Waals surface area (Å²) in [6.45, 7) is 5.11. The fourth-order valence-electron chi connectivity index (χ4n) is 2.46. The summed E-state index contributed by atoms with van der Waals surface area (Å²) in [5, 5.41) is 14.2. The van der Waals surface area contributed by atoms with Crippen LogP contribution in [0.15, 0.2) is 33.5 Å². The molecule has 2 rings (SSSR count). The van der Waals surface area contributed by atoms with E-state index >= 15 is 0 Å². The minimum absolute atomic E-state index is 0.279. The molecule has 0 unspecified atom stereocenters. The molecule has 0 aliphatic heterocycles. The van der Waals surface area contributed by atoms with Crippen LogP contribution < -0.4 is 20.8 Å². The Kier molecular flexibility index (Phi) is 5.80. The molecule has 1 aromatic carbocycles. The van der Waals surface area contributed by atoms with Gasteiger partial charge in [0.15, 0.2) is 6.10 Å². The number of carbonyl (C=O) groups is 2. The number of benzene rings is 1. The van der Waals surface area contributed by atoms with Crippen molar-refractivity contribution in [3.63, 3.8) is 0 Å². The molecule has 2 aromatic rings. The average Bonchev–Trinajstić information content (AvgIpc) is 2.53. The van der Waals surface area contributed by atoms with E-state index in [2.05, 4.69) is 5.32 Å². The molecule has 0 bridgehead atoms.